The van der Waals surface area contributed by atoms with Gasteiger partial charge < -0.3 is 10.6 Å². The molecule has 0 fully saturated rings. The van der Waals surface area contributed by atoms with Crippen LogP contribution in [0.2, 0.25) is 0 Å². The van der Waals surface area contributed by atoms with Gasteiger partial charge >= 0.3 is 0 Å². The first-order valence-corrected chi connectivity index (χ1v) is 6.81. The third kappa shape index (κ3) is 2.39. The molecule has 20 heavy (non-hydrogen) atoms. The summed E-state index contributed by atoms with van der Waals surface area (Å²) >= 11 is 0. The summed E-state index contributed by atoms with van der Waals surface area (Å²) in [5, 5.41) is 4.36. The molecule has 0 spiro atoms. The Morgan fingerprint density at radius 2 is 2.15 bits per heavy atom. The summed E-state index contributed by atoms with van der Waals surface area (Å²) in [7, 11) is 1.88. The first-order chi connectivity index (χ1) is 9.63. The summed E-state index contributed by atoms with van der Waals surface area (Å²) in [6, 6.07) is 7.70. The van der Waals surface area contributed by atoms with E-state index in [1.54, 1.807) is 4.68 Å². The Morgan fingerprint density at radius 1 is 1.30 bits per heavy atom. The van der Waals surface area contributed by atoms with Crippen LogP contribution in [0.1, 0.15) is 24.1 Å². The van der Waals surface area contributed by atoms with Gasteiger partial charge in [0, 0.05) is 31.0 Å². The fraction of sp³-hybridized carbons (Fsp3) is 0.333. The lowest BCUT2D eigenvalue weighted by Gasteiger charge is -2.22. The number of nitrogens with two attached hydrogens (primary N) is 1. The predicted octanol–water partition coefficient (Wildman–Crippen LogP) is 1.87. The molecule has 0 saturated carbocycles. The number of fused-ring (bicyclic) bond motifs is 1. The van der Waals surface area contributed by atoms with Gasteiger partial charge in [-0.3, -0.25) is 9.48 Å². The van der Waals surface area contributed by atoms with E-state index in [1.807, 2.05) is 42.4 Å². The number of carbonyl (C=O) groups excluding carboxylic acids is 1. The first kappa shape index (κ1) is 12.7. The highest BCUT2D eigenvalue weighted by molar-refractivity contribution is 5.95. The average Bonchev–Trinajstić information content (AvgIpc) is 2.75. The van der Waals surface area contributed by atoms with Crippen LogP contribution in [-0.4, -0.2) is 15.7 Å². The lowest BCUT2D eigenvalue weighted by Crippen LogP contribution is -2.29. The number of rotatable bonds is 2. The van der Waals surface area contributed by atoms with E-state index in [0.29, 0.717) is 13.0 Å². The molecule has 1 aromatic carbocycles. The van der Waals surface area contributed by atoms with Gasteiger partial charge in [-0.05, 0) is 42.7 Å². The van der Waals surface area contributed by atoms with Gasteiger partial charge in [-0.15, -0.1) is 0 Å². The van der Waals surface area contributed by atoms with Crippen molar-refractivity contribution in [3.8, 4) is 0 Å². The number of hydrogen-bond acceptors (Lipinski definition) is 3. The predicted molar refractivity (Wildman–Crippen MR) is 78.2 cm³/mol. The number of benzene rings is 1. The Kier molecular flexibility index (Phi) is 3.18. The van der Waals surface area contributed by atoms with Crippen molar-refractivity contribution < 1.29 is 4.79 Å². The standard InChI is InChI=1S/C15H18N4O/c1-18-8-7-13(17-18)10-19-14-6-5-12(16)9-11(14)3-2-4-15(19)20/h5-9H,2-4,10,16H2,1H3. The number of nitrogens with zero attached hydrogens (tertiary/aromatic N) is 3. The highest BCUT2D eigenvalue weighted by Gasteiger charge is 2.23. The number of aromatic nitrogens is 2. The molecule has 0 bridgehead atoms. The number of anilines is 2. The van der Waals surface area contributed by atoms with Crippen molar-refractivity contribution in [3.63, 3.8) is 0 Å². The van der Waals surface area contributed by atoms with Crippen molar-refractivity contribution >= 4 is 17.3 Å². The lowest BCUT2D eigenvalue weighted by molar-refractivity contribution is -0.118. The van der Waals surface area contributed by atoms with Crippen molar-refractivity contribution in [2.24, 2.45) is 7.05 Å². The van der Waals surface area contributed by atoms with Crippen LogP contribution in [0.4, 0.5) is 11.4 Å². The highest BCUT2D eigenvalue weighted by Crippen LogP contribution is 2.29. The first-order valence-electron chi connectivity index (χ1n) is 6.81. The average molecular weight is 270 g/mol. The van der Waals surface area contributed by atoms with E-state index in [9.17, 15) is 4.79 Å². The summed E-state index contributed by atoms with van der Waals surface area (Å²) in [6.07, 6.45) is 4.22. The third-order valence-corrected chi connectivity index (χ3v) is 3.62. The molecule has 0 radical (unpaired) electrons. The summed E-state index contributed by atoms with van der Waals surface area (Å²) < 4.78 is 1.75. The van der Waals surface area contributed by atoms with Crippen molar-refractivity contribution in [1.82, 2.24) is 9.78 Å². The fourth-order valence-electron chi connectivity index (χ4n) is 2.65. The largest absolute Gasteiger partial charge is 0.399 e. The number of nitrogen functional groups attached to an aromatic ring is 1. The zero-order valence-corrected chi connectivity index (χ0v) is 11.5. The maximum atomic E-state index is 12.3. The maximum Gasteiger partial charge on any atom is 0.227 e. The van der Waals surface area contributed by atoms with Gasteiger partial charge in [0.05, 0.1) is 12.2 Å². The molecule has 1 amide bonds. The van der Waals surface area contributed by atoms with Crippen molar-refractivity contribution in [2.45, 2.75) is 25.8 Å². The van der Waals surface area contributed by atoms with Gasteiger partial charge in [0.15, 0.2) is 0 Å². The highest BCUT2D eigenvalue weighted by atomic mass is 16.2. The molecule has 2 heterocycles. The Balaban J connectivity index is 1.97. The van der Waals surface area contributed by atoms with Gasteiger partial charge in [-0.2, -0.15) is 5.10 Å². The van der Waals surface area contributed by atoms with Gasteiger partial charge in [0.1, 0.15) is 0 Å². The monoisotopic (exact) mass is 270 g/mol. The zero-order chi connectivity index (χ0) is 14.1. The SMILES string of the molecule is Cn1ccc(CN2C(=O)CCCc3cc(N)ccc32)n1. The second-order valence-electron chi connectivity index (χ2n) is 5.20. The molecule has 1 aliphatic heterocycles. The summed E-state index contributed by atoms with van der Waals surface area (Å²) in [4.78, 5) is 14.2. The molecule has 2 N–H and O–H groups in total. The maximum absolute atomic E-state index is 12.3. The van der Waals surface area contributed by atoms with Gasteiger partial charge in [-0.1, -0.05) is 0 Å². The third-order valence-electron chi connectivity index (χ3n) is 3.62. The molecule has 0 unspecified atom stereocenters. The van der Waals surface area contributed by atoms with E-state index >= 15 is 0 Å². The van der Waals surface area contributed by atoms with E-state index in [2.05, 4.69) is 5.10 Å². The summed E-state index contributed by atoms with van der Waals surface area (Å²) in [5.74, 6) is 0.152. The van der Waals surface area contributed by atoms with Crippen LogP contribution >= 0.6 is 0 Å². The van der Waals surface area contributed by atoms with Crippen LogP contribution in [0.25, 0.3) is 0 Å². The Hall–Kier alpha value is -2.30. The number of carbonyl (C=O) groups is 1. The molecule has 1 aliphatic rings. The molecule has 0 atom stereocenters. The van der Waals surface area contributed by atoms with E-state index in [0.717, 1.165) is 35.5 Å². The zero-order valence-electron chi connectivity index (χ0n) is 11.5. The Bertz CT molecular complexity index is 647. The van der Waals surface area contributed by atoms with Crippen LogP contribution in [0.5, 0.6) is 0 Å². The molecule has 0 saturated heterocycles. The quantitative estimate of drug-likeness (QED) is 0.847. The number of hydrogen-bond donors (Lipinski definition) is 1. The van der Waals surface area contributed by atoms with Crippen molar-refractivity contribution in [2.75, 3.05) is 10.6 Å². The smallest absolute Gasteiger partial charge is 0.227 e. The van der Waals surface area contributed by atoms with Crippen LogP contribution < -0.4 is 10.6 Å². The number of aryl methyl sites for hydroxylation is 2. The van der Waals surface area contributed by atoms with E-state index in [-0.39, 0.29) is 5.91 Å². The molecule has 5 nitrogen and oxygen atoms in total. The Morgan fingerprint density at radius 3 is 2.90 bits per heavy atom. The summed E-state index contributed by atoms with van der Waals surface area (Å²) in [5.41, 5.74) is 9.60. The minimum Gasteiger partial charge on any atom is -0.399 e. The topological polar surface area (TPSA) is 64.2 Å². The second kappa shape index (κ2) is 5.00. The van der Waals surface area contributed by atoms with Crippen molar-refractivity contribution in [3.05, 3.63) is 41.7 Å². The van der Waals surface area contributed by atoms with Crippen molar-refractivity contribution in [1.29, 1.82) is 0 Å². The summed E-state index contributed by atoms with van der Waals surface area (Å²) in [6.45, 7) is 0.511. The minimum absolute atomic E-state index is 0.152. The van der Waals surface area contributed by atoms with Crippen LogP contribution in [0.3, 0.4) is 0 Å². The minimum atomic E-state index is 0.152. The van der Waals surface area contributed by atoms with Crippen LogP contribution in [0.15, 0.2) is 30.5 Å². The van der Waals surface area contributed by atoms with E-state index < -0.39 is 0 Å². The fourth-order valence-corrected chi connectivity index (χ4v) is 2.65. The van der Waals surface area contributed by atoms with Gasteiger partial charge in [-0.25, -0.2) is 0 Å². The molecular formula is C15H18N4O. The molecule has 3 rings (SSSR count). The lowest BCUT2D eigenvalue weighted by atomic mass is 10.1. The molecule has 1 aromatic heterocycles. The molecular weight excluding hydrogens is 252 g/mol. The van der Waals surface area contributed by atoms with Gasteiger partial charge in [0.2, 0.25) is 5.91 Å². The second-order valence-corrected chi connectivity index (χ2v) is 5.20. The van der Waals surface area contributed by atoms with Crippen LogP contribution in [-0.2, 0) is 24.8 Å². The molecule has 104 valence electrons. The van der Waals surface area contributed by atoms with E-state index in [4.69, 9.17) is 5.73 Å². The normalized spacial score (nSPS) is 15.1. The number of amides is 1. The molecule has 0 aliphatic carbocycles. The van der Waals surface area contributed by atoms with Crippen LogP contribution in [0, 0.1) is 0 Å². The van der Waals surface area contributed by atoms with E-state index in [1.165, 1.54) is 0 Å². The molecule has 2 aromatic rings. The molecule has 5 heteroatoms. The Labute approximate surface area is 118 Å². The van der Waals surface area contributed by atoms with Gasteiger partial charge in [0.25, 0.3) is 0 Å².